The smallest absolute Gasteiger partial charge is 0.186 e. The molecule has 0 fully saturated rings. The molecule has 124 valence electrons. The van der Waals surface area contributed by atoms with Gasteiger partial charge in [0.1, 0.15) is 11.6 Å². The van der Waals surface area contributed by atoms with E-state index in [2.05, 4.69) is 20.1 Å². The highest BCUT2D eigenvalue weighted by Gasteiger charge is 2.11. The molecule has 7 heteroatoms. The molecular weight excluding hydrogens is 316 g/mol. The molecule has 0 aliphatic heterocycles. The summed E-state index contributed by atoms with van der Waals surface area (Å²) in [6, 6.07) is 11.5. The maximum atomic E-state index is 6.10. The van der Waals surface area contributed by atoms with Gasteiger partial charge >= 0.3 is 0 Å². The normalized spacial score (nSPS) is 10.9. The van der Waals surface area contributed by atoms with Gasteiger partial charge in [-0.2, -0.15) is 5.10 Å². The fourth-order valence-electron chi connectivity index (χ4n) is 2.60. The van der Waals surface area contributed by atoms with Gasteiger partial charge in [0.2, 0.25) is 0 Å². The third-order valence-electron chi connectivity index (χ3n) is 3.90. The van der Waals surface area contributed by atoms with E-state index in [0.29, 0.717) is 23.8 Å². The third kappa shape index (κ3) is 2.99. The van der Waals surface area contributed by atoms with Crippen molar-refractivity contribution in [2.45, 2.75) is 6.54 Å². The van der Waals surface area contributed by atoms with Crippen LogP contribution in [0, 0.1) is 0 Å². The molecule has 4 rings (SSSR count). The largest absolute Gasteiger partial charge is 0.497 e. The summed E-state index contributed by atoms with van der Waals surface area (Å²) in [5.74, 6) is 1.78. The molecule has 3 heterocycles. The van der Waals surface area contributed by atoms with Crippen molar-refractivity contribution in [2.24, 2.45) is 0 Å². The number of hydrogen-bond acceptors (Lipinski definition) is 6. The van der Waals surface area contributed by atoms with Crippen molar-refractivity contribution in [3.63, 3.8) is 0 Å². The van der Waals surface area contributed by atoms with Crippen LogP contribution in [0.15, 0.2) is 55.0 Å². The molecule has 0 saturated heterocycles. The van der Waals surface area contributed by atoms with Crippen molar-refractivity contribution >= 4 is 16.9 Å². The lowest BCUT2D eigenvalue weighted by Gasteiger charge is -2.03. The van der Waals surface area contributed by atoms with Gasteiger partial charge in [0.25, 0.3) is 0 Å². The van der Waals surface area contributed by atoms with Crippen LogP contribution >= 0.6 is 0 Å². The molecule has 3 aromatic heterocycles. The second-order valence-corrected chi connectivity index (χ2v) is 5.58. The van der Waals surface area contributed by atoms with Crippen molar-refractivity contribution in [3.05, 3.63) is 60.6 Å². The van der Waals surface area contributed by atoms with E-state index >= 15 is 0 Å². The van der Waals surface area contributed by atoms with E-state index in [1.54, 1.807) is 19.5 Å². The Labute approximate surface area is 144 Å². The van der Waals surface area contributed by atoms with Gasteiger partial charge in [0.05, 0.1) is 19.0 Å². The highest BCUT2D eigenvalue weighted by atomic mass is 16.5. The van der Waals surface area contributed by atoms with Crippen LogP contribution in [0.3, 0.4) is 0 Å². The molecule has 2 N–H and O–H groups in total. The third-order valence-corrected chi connectivity index (χ3v) is 3.90. The lowest BCUT2D eigenvalue weighted by atomic mass is 10.2. The number of hydrogen-bond donors (Lipinski definition) is 1. The summed E-state index contributed by atoms with van der Waals surface area (Å²) in [5, 5.41) is 5.28. The van der Waals surface area contributed by atoms with E-state index in [1.807, 2.05) is 47.3 Å². The molecule has 0 saturated carbocycles. The number of nitrogen functional groups attached to an aromatic ring is 1. The van der Waals surface area contributed by atoms with Crippen LogP contribution in [0.1, 0.15) is 5.56 Å². The quantitative estimate of drug-likeness (QED) is 0.617. The molecule has 0 aliphatic rings. The summed E-state index contributed by atoms with van der Waals surface area (Å²) >= 11 is 0. The number of anilines is 1. The van der Waals surface area contributed by atoms with Crippen LogP contribution in [-0.2, 0) is 6.54 Å². The molecule has 4 aromatic rings. The van der Waals surface area contributed by atoms with Crippen LogP contribution in [0.2, 0.25) is 0 Å². The highest BCUT2D eigenvalue weighted by molar-refractivity contribution is 5.86. The van der Waals surface area contributed by atoms with Gasteiger partial charge in [-0.3, -0.25) is 9.67 Å². The minimum Gasteiger partial charge on any atom is -0.497 e. The number of rotatable bonds is 4. The fraction of sp³-hybridized carbons (Fsp3) is 0.111. The molecule has 0 aliphatic carbocycles. The molecule has 25 heavy (non-hydrogen) atoms. The second kappa shape index (κ2) is 6.20. The summed E-state index contributed by atoms with van der Waals surface area (Å²) in [4.78, 5) is 12.9. The zero-order valence-electron chi connectivity index (χ0n) is 13.6. The lowest BCUT2D eigenvalue weighted by molar-refractivity contribution is 0.414. The standard InChI is InChI=1S/C18H16N6O/c1-25-14-4-2-12(3-5-14)10-24-11-15-16(19)21-17(22-18(15)23-24)13-6-8-20-9-7-13/h2-9,11H,10H2,1H3,(H2,19,21,22,23). The van der Waals surface area contributed by atoms with Crippen molar-refractivity contribution in [1.29, 1.82) is 0 Å². The van der Waals surface area contributed by atoms with Crippen molar-refractivity contribution in [3.8, 4) is 17.1 Å². The Morgan fingerprint density at radius 2 is 1.80 bits per heavy atom. The molecule has 7 nitrogen and oxygen atoms in total. The van der Waals surface area contributed by atoms with Gasteiger partial charge in [-0.15, -0.1) is 0 Å². The van der Waals surface area contributed by atoms with Crippen molar-refractivity contribution in [1.82, 2.24) is 24.7 Å². The van der Waals surface area contributed by atoms with Gasteiger partial charge in [-0.05, 0) is 29.8 Å². The number of methoxy groups -OCH3 is 1. The maximum Gasteiger partial charge on any atom is 0.186 e. The SMILES string of the molecule is COc1ccc(Cn2cc3c(N)nc(-c4ccncc4)nc3n2)cc1. The van der Waals surface area contributed by atoms with E-state index in [9.17, 15) is 0 Å². The number of fused-ring (bicyclic) bond motifs is 1. The van der Waals surface area contributed by atoms with Crippen molar-refractivity contribution in [2.75, 3.05) is 12.8 Å². The van der Waals surface area contributed by atoms with E-state index in [0.717, 1.165) is 22.3 Å². The summed E-state index contributed by atoms with van der Waals surface area (Å²) in [7, 11) is 1.65. The summed E-state index contributed by atoms with van der Waals surface area (Å²) in [6.07, 6.45) is 5.26. The minimum absolute atomic E-state index is 0.415. The number of nitrogens with zero attached hydrogens (tertiary/aromatic N) is 5. The molecule has 0 bridgehead atoms. The molecule has 0 atom stereocenters. The Hall–Kier alpha value is -3.48. The van der Waals surface area contributed by atoms with Gasteiger partial charge in [0, 0.05) is 24.2 Å². The zero-order valence-corrected chi connectivity index (χ0v) is 13.6. The Morgan fingerprint density at radius 3 is 2.52 bits per heavy atom. The Kier molecular flexibility index (Phi) is 3.74. The Balaban J connectivity index is 1.68. The predicted molar refractivity (Wildman–Crippen MR) is 95.1 cm³/mol. The van der Waals surface area contributed by atoms with E-state index in [-0.39, 0.29) is 0 Å². The van der Waals surface area contributed by atoms with Gasteiger partial charge < -0.3 is 10.5 Å². The van der Waals surface area contributed by atoms with Gasteiger partial charge in [-0.25, -0.2) is 9.97 Å². The Bertz CT molecular complexity index is 1010. The molecular formula is C18H16N6O. The second-order valence-electron chi connectivity index (χ2n) is 5.58. The van der Waals surface area contributed by atoms with Gasteiger partial charge in [0.15, 0.2) is 11.5 Å². The molecule has 0 unspecified atom stereocenters. The van der Waals surface area contributed by atoms with E-state index in [1.165, 1.54) is 0 Å². The molecule has 0 radical (unpaired) electrons. The van der Waals surface area contributed by atoms with Gasteiger partial charge in [-0.1, -0.05) is 12.1 Å². The lowest BCUT2D eigenvalue weighted by Crippen LogP contribution is -2.00. The maximum absolute atomic E-state index is 6.10. The van der Waals surface area contributed by atoms with Crippen LogP contribution in [0.25, 0.3) is 22.4 Å². The minimum atomic E-state index is 0.415. The summed E-state index contributed by atoms with van der Waals surface area (Å²) in [5.41, 5.74) is 8.64. The molecule has 1 aromatic carbocycles. The van der Waals surface area contributed by atoms with E-state index < -0.39 is 0 Å². The highest BCUT2D eigenvalue weighted by Crippen LogP contribution is 2.22. The predicted octanol–water partition coefficient (Wildman–Crippen LogP) is 2.53. The average Bonchev–Trinajstić information content (AvgIpc) is 3.06. The topological polar surface area (TPSA) is 91.7 Å². The average molecular weight is 332 g/mol. The summed E-state index contributed by atoms with van der Waals surface area (Å²) in [6.45, 7) is 0.615. The van der Waals surface area contributed by atoms with Crippen LogP contribution in [0.4, 0.5) is 5.82 Å². The van der Waals surface area contributed by atoms with Crippen LogP contribution in [0.5, 0.6) is 5.75 Å². The summed E-state index contributed by atoms with van der Waals surface area (Å²) < 4.78 is 6.99. The molecule has 0 amide bonds. The fourth-order valence-corrected chi connectivity index (χ4v) is 2.60. The number of ether oxygens (including phenoxy) is 1. The first-order valence-electron chi connectivity index (χ1n) is 7.77. The number of pyridine rings is 1. The number of benzene rings is 1. The number of nitrogens with two attached hydrogens (primary N) is 1. The Morgan fingerprint density at radius 1 is 1.04 bits per heavy atom. The van der Waals surface area contributed by atoms with Crippen molar-refractivity contribution < 1.29 is 4.74 Å². The van der Waals surface area contributed by atoms with E-state index in [4.69, 9.17) is 10.5 Å². The van der Waals surface area contributed by atoms with Crippen LogP contribution < -0.4 is 10.5 Å². The monoisotopic (exact) mass is 332 g/mol. The first-order chi connectivity index (χ1) is 12.2. The molecule has 0 spiro atoms. The zero-order chi connectivity index (χ0) is 17.2. The van der Waals surface area contributed by atoms with Crippen LogP contribution in [-0.4, -0.2) is 31.8 Å². The first-order valence-corrected chi connectivity index (χ1v) is 7.77. The first kappa shape index (κ1) is 15.1. The number of aromatic nitrogens is 5.